The molecule has 1 spiro atoms. The van der Waals surface area contributed by atoms with Crippen LogP contribution < -0.4 is 10.1 Å². The maximum atomic E-state index is 6.36. The second-order valence-corrected chi connectivity index (χ2v) is 7.03. The van der Waals surface area contributed by atoms with Crippen molar-refractivity contribution in [2.24, 2.45) is 0 Å². The first kappa shape index (κ1) is 19.0. The molecule has 6 heteroatoms. The number of hydrogen-bond donors (Lipinski definition) is 1. The van der Waals surface area contributed by atoms with Gasteiger partial charge in [0, 0.05) is 23.9 Å². The fourth-order valence-electron chi connectivity index (χ4n) is 4.19. The quantitative estimate of drug-likeness (QED) is 0.674. The van der Waals surface area contributed by atoms with Crippen LogP contribution in [0.1, 0.15) is 24.1 Å². The minimum atomic E-state index is 0. The van der Waals surface area contributed by atoms with Gasteiger partial charge in [-0.25, -0.2) is 4.52 Å². The zero-order valence-electron chi connectivity index (χ0n) is 14.7. The molecule has 1 N–H and O–H groups in total. The average Bonchev–Trinajstić information content (AvgIpc) is 3.20. The summed E-state index contributed by atoms with van der Waals surface area (Å²) in [6, 6.07) is 13.0. The van der Waals surface area contributed by atoms with E-state index in [2.05, 4.69) is 47.7 Å². The molecule has 2 aliphatic heterocycles. The Morgan fingerprint density at radius 2 is 1.88 bits per heavy atom. The van der Waals surface area contributed by atoms with E-state index in [1.165, 1.54) is 22.4 Å². The Kier molecular flexibility index (Phi) is 5.20. The van der Waals surface area contributed by atoms with Gasteiger partial charge in [-0.1, -0.05) is 12.1 Å². The van der Waals surface area contributed by atoms with Gasteiger partial charge in [0.05, 0.1) is 5.52 Å². The van der Waals surface area contributed by atoms with Crippen molar-refractivity contribution >= 4 is 30.3 Å². The molecule has 138 valence electrons. The molecule has 1 fully saturated rings. The number of piperidine rings is 1. The lowest BCUT2D eigenvalue weighted by molar-refractivity contribution is 0.0600. The Morgan fingerprint density at radius 1 is 1.08 bits per heavy atom. The van der Waals surface area contributed by atoms with E-state index in [-0.39, 0.29) is 30.4 Å². The molecule has 0 amide bonds. The van der Waals surface area contributed by atoms with Gasteiger partial charge in [0.25, 0.3) is 0 Å². The van der Waals surface area contributed by atoms with Crippen LogP contribution in [0.4, 0.5) is 0 Å². The molecule has 3 aromatic rings. The lowest BCUT2D eigenvalue weighted by atomic mass is 9.87. The Morgan fingerprint density at radius 3 is 2.69 bits per heavy atom. The number of aromatic nitrogens is 2. The van der Waals surface area contributed by atoms with E-state index in [4.69, 9.17) is 4.74 Å². The van der Waals surface area contributed by atoms with E-state index >= 15 is 0 Å². The molecule has 2 aromatic heterocycles. The summed E-state index contributed by atoms with van der Waals surface area (Å²) in [5.74, 6) is 1.07. The Balaban J connectivity index is 0.000000980. The predicted molar refractivity (Wildman–Crippen MR) is 109 cm³/mol. The third-order valence-corrected chi connectivity index (χ3v) is 5.53. The molecule has 0 unspecified atom stereocenters. The van der Waals surface area contributed by atoms with Crippen molar-refractivity contribution in [1.29, 1.82) is 0 Å². The fourth-order valence-corrected chi connectivity index (χ4v) is 4.19. The second kappa shape index (κ2) is 7.10. The number of fused-ring (bicyclic) bond motifs is 2. The molecule has 0 atom stereocenters. The molecule has 2 aliphatic rings. The van der Waals surface area contributed by atoms with Crippen molar-refractivity contribution in [3.8, 4) is 16.9 Å². The molecule has 0 radical (unpaired) electrons. The number of ether oxygens (including phenoxy) is 1. The highest BCUT2D eigenvalue weighted by molar-refractivity contribution is 5.85. The SMILES string of the molecule is Cc1c(-c2ccc3c(c2)CC2(CCNCC2)O3)ccc2ccnn12.Cl.Cl. The van der Waals surface area contributed by atoms with Crippen molar-refractivity contribution < 1.29 is 4.74 Å². The molecular formula is C20H23Cl2N3O. The third-order valence-electron chi connectivity index (χ3n) is 5.53. The number of halogens is 2. The maximum absolute atomic E-state index is 6.36. The number of rotatable bonds is 1. The minimum absolute atomic E-state index is 0. The summed E-state index contributed by atoms with van der Waals surface area (Å²) in [5.41, 5.74) is 6.16. The van der Waals surface area contributed by atoms with Gasteiger partial charge >= 0.3 is 0 Å². The van der Waals surface area contributed by atoms with E-state index in [9.17, 15) is 0 Å². The first-order valence-corrected chi connectivity index (χ1v) is 8.71. The summed E-state index contributed by atoms with van der Waals surface area (Å²) in [5, 5.41) is 7.86. The fraction of sp³-hybridized carbons (Fsp3) is 0.350. The normalized spacial score (nSPS) is 17.3. The summed E-state index contributed by atoms with van der Waals surface area (Å²) in [7, 11) is 0. The van der Waals surface area contributed by atoms with Gasteiger partial charge in [-0.3, -0.25) is 0 Å². The summed E-state index contributed by atoms with van der Waals surface area (Å²) in [4.78, 5) is 0. The van der Waals surface area contributed by atoms with Crippen LogP contribution in [0.25, 0.3) is 16.6 Å². The standard InChI is InChI=1S/C20H21N3O.2ClH/c1-14-18(4-3-17-6-9-22-23(14)17)15-2-5-19-16(12-15)13-20(24-19)7-10-21-11-8-20;;/h2-6,9,12,21H,7-8,10-11,13H2,1H3;2*1H. The van der Waals surface area contributed by atoms with E-state index in [0.717, 1.165) is 43.6 Å². The van der Waals surface area contributed by atoms with Crippen LogP contribution in [0.2, 0.25) is 0 Å². The van der Waals surface area contributed by atoms with Gasteiger partial charge in [0.2, 0.25) is 0 Å². The smallest absolute Gasteiger partial charge is 0.123 e. The van der Waals surface area contributed by atoms with Crippen molar-refractivity contribution in [3.05, 3.63) is 53.9 Å². The average molecular weight is 392 g/mol. The Hall–Kier alpha value is -1.75. The Labute approximate surface area is 165 Å². The monoisotopic (exact) mass is 391 g/mol. The topological polar surface area (TPSA) is 38.6 Å². The molecule has 5 rings (SSSR count). The van der Waals surface area contributed by atoms with E-state index in [1.807, 2.05) is 16.8 Å². The summed E-state index contributed by atoms with van der Waals surface area (Å²) >= 11 is 0. The molecule has 1 aromatic carbocycles. The van der Waals surface area contributed by atoms with Crippen molar-refractivity contribution in [3.63, 3.8) is 0 Å². The third kappa shape index (κ3) is 2.96. The maximum Gasteiger partial charge on any atom is 0.123 e. The molecular weight excluding hydrogens is 369 g/mol. The number of aryl methyl sites for hydroxylation is 1. The molecule has 4 heterocycles. The predicted octanol–water partition coefficient (Wildman–Crippen LogP) is 4.21. The van der Waals surface area contributed by atoms with Gasteiger partial charge in [0.1, 0.15) is 11.4 Å². The summed E-state index contributed by atoms with van der Waals surface area (Å²) < 4.78 is 8.36. The summed E-state index contributed by atoms with van der Waals surface area (Å²) in [6.07, 6.45) is 5.06. The molecule has 4 nitrogen and oxygen atoms in total. The highest BCUT2D eigenvalue weighted by Gasteiger charge is 2.40. The van der Waals surface area contributed by atoms with Crippen molar-refractivity contribution in [2.75, 3.05) is 13.1 Å². The van der Waals surface area contributed by atoms with E-state index < -0.39 is 0 Å². The van der Waals surface area contributed by atoms with Crippen LogP contribution in [0, 0.1) is 6.92 Å². The van der Waals surface area contributed by atoms with Crippen LogP contribution in [0.15, 0.2) is 42.6 Å². The first-order chi connectivity index (χ1) is 11.7. The van der Waals surface area contributed by atoms with Crippen LogP contribution in [0.5, 0.6) is 5.75 Å². The highest BCUT2D eigenvalue weighted by atomic mass is 35.5. The highest BCUT2D eigenvalue weighted by Crippen LogP contribution is 2.41. The molecule has 0 bridgehead atoms. The van der Waals surface area contributed by atoms with Gasteiger partial charge in [-0.05, 0) is 68.2 Å². The van der Waals surface area contributed by atoms with Crippen LogP contribution in [-0.4, -0.2) is 28.3 Å². The number of benzene rings is 1. The lowest BCUT2D eigenvalue weighted by Gasteiger charge is -2.33. The molecule has 0 aliphatic carbocycles. The lowest BCUT2D eigenvalue weighted by Crippen LogP contribution is -2.45. The zero-order chi connectivity index (χ0) is 16.1. The van der Waals surface area contributed by atoms with Crippen LogP contribution in [-0.2, 0) is 6.42 Å². The number of nitrogens with one attached hydrogen (secondary N) is 1. The largest absolute Gasteiger partial charge is 0.487 e. The van der Waals surface area contributed by atoms with Gasteiger partial charge in [0.15, 0.2) is 0 Å². The Bertz CT molecular complexity index is 932. The van der Waals surface area contributed by atoms with Crippen molar-refractivity contribution in [2.45, 2.75) is 31.8 Å². The van der Waals surface area contributed by atoms with E-state index in [1.54, 1.807) is 0 Å². The number of hydrogen-bond acceptors (Lipinski definition) is 3. The molecule has 1 saturated heterocycles. The van der Waals surface area contributed by atoms with Gasteiger partial charge in [-0.2, -0.15) is 5.10 Å². The molecule has 26 heavy (non-hydrogen) atoms. The van der Waals surface area contributed by atoms with Gasteiger partial charge in [-0.15, -0.1) is 24.8 Å². The first-order valence-electron chi connectivity index (χ1n) is 8.71. The minimum Gasteiger partial charge on any atom is -0.487 e. The summed E-state index contributed by atoms with van der Waals surface area (Å²) in [6.45, 7) is 4.24. The van der Waals surface area contributed by atoms with Gasteiger partial charge < -0.3 is 10.1 Å². The van der Waals surface area contributed by atoms with Crippen molar-refractivity contribution in [1.82, 2.24) is 14.9 Å². The molecule has 0 saturated carbocycles. The van der Waals surface area contributed by atoms with Crippen LogP contribution >= 0.6 is 24.8 Å². The zero-order valence-corrected chi connectivity index (χ0v) is 16.3. The number of nitrogens with zero attached hydrogens (tertiary/aromatic N) is 2. The second-order valence-electron chi connectivity index (χ2n) is 7.03. The number of pyridine rings is 1. The van der Waals surface area contributed by atoms with Crippen LogP contribution in [0.3, 0.4) is 0 Å². The van der Waals surface area contributed by atoms with E-state index in [0.29, 0.717) is 0 Å².